The lowest BCUT2D eigenvalue weighted by atomic mass is 9.93. The van der Waals surface area contributed by atoms with Gasteiger partial charge in [-0.1, -0.05) is 30.4 Å². The SMILES string of the molecule is C=CCCn1ccc(-c2cccc(-c3cc4nc(C)c(CC(=O)OC)c(N5CCC(C)(OCC=C)CC5)n4n3)c2)n1. The van der Waals surface area contributed by atoms with Gasteiger partial charge < -0.3 is 14.4 Å². The highest BCUT2D eigenvalue weighted by atomic mass is 16.5. The first-order valence-electron chi connectivity index (χ1n) is 14.0. The maximum absolute atomic E-state index is 12.4. The Hall–Kier alpha value is -4.24. The van der Waals surface area contributed by atoms with E-state index < -0.39 is 0 Å². The number of hydrogen-bond donors (Lipinski definition) is 0. The van der Waals surface area contributed by atoms with Crippen LogP contribution in [0.2, 0.25) is 0 Å². The van der Waals surface area contributed by atoms with Crippen molar-refractivity contribution in [2.24, 2.45) is 0 Å². The molecule has 1 aliphatic rings. The zero-order valence-electron chi connectivity index (χ0n) is 24.2. The molecule has 4 aromatic rings. The number of fused-ring (bicyclic) bond motifs is 1. The fourth-order valence-electron chi connectivity index (χ4n) is 5.32. The molecule has 0 unspecified atom stereocenters. The zero-order chi connectivity index (χ0) is 29.0. The number of carbonyl (C=O) groups is 1. The number of aryl methyl sites for hydroxylation is 2. The summed E-state index contributed by atoms with van der Waals surface area (Å²) >= 11 is 0. The molecule has 0 spiro atoms. The Labute approximate surface area is 241 Å². The van der Waals surface area contributed by atoms with Crippen molar-refractivity contribution >= 4 is 17.4 Å². The predicted molar refractivity (Wildman–Crippen MR) is 161 cm³/mol. The molecular formula is C32H38N6O3. The fraction of sp³-hybridized carbons (Fsp3) is 0.375. The minimum absolute atomic E-state index is 0.126. The van der Waals surface area contributed by atoms with Crippen LogP contribution < -0.4 is 4.90 Å². The third-order valence-electron chi connectivity index (χ3n) is 7.76. The number of benzene rings is 1. The number of ether oxygens (including phenoxy) is 2. The molecule has 41 heavy (non-hydrogen) atoms. The summed E-state index contributed by atoms with van der Waals surface area (Å²) in [5.74, 6) is 0.575. The van der Waals surface area contributed by atoms with E-state index in [1.807, 2.05) is 52.7 Å². The lowest BCUT2D eigenvalue weighted by Crippen LogP contribution is -2.45. The van der Waals surface area contributed by atoms with Crippen molar-refractivity contribution in [2.45, 2.75) is 51.7 Å². The molecule has 5 rings (SSSR count). The van der Waals surface area contributed by atoms with E-state index in [2.05, 4.69) is 37.1 Å². The van der Waals surface area contributed by atoms with Gasteiger partial charge in [0.25, 0.3) is 0 Å². The van der Waals surface area contributed by atoms with Gasteiger partial charge in [0.1, 0.15) is 5.82 Å². The number of carbonyl (C=O) groups excluding carboxylic acids is 1. The molecule has 0 radical (unpaired) electrons. The molecule has 4 heterocycles. The molecule has 0 atom stereocenters. The molecule has 1 aromatic carbocycles. The summed E-state index contributed by atoms with van der Waals surface area (Å²) in [7, 11) is 1.41. The number of esters is 1. The number of rotatable bonds is 11. The number of nitrogens with zero attached hydrogens (tertiary/aromatic N) is 6. The summed E-state index contributed by atoms with van der Waals surface area (Å²) in [5.41, 5.74) is 5.83. The first-order valence-corrected chi connectivity index (χ1v) is 14.0. The fourth-order valence-corrected chi connectivity index (χ4v) is 5.32. The Morgan fingerprint density at radius 2 is 1.83 bits per heavy atom. The third-order valence-corrected chi connectivity index (χ3v) is 7.76. The highest BCUT2D eigenvalue weighted by Gasteiger charge is 2.33. The van der Waals surface area contributed by atoms with Crippen LogP contribution in [0.15, 0.2) is 67.9 Å². The van der Waals surface area contributed by atoms with Crippen molar-refractivity contribution in [1.29, 1.82) is 0 Å². The second kappa shape index (κ2) is 12.1. The van der Waals surface area contributed by atoms with Gasteiger partial charge in [0, 0.05) is 54.3 Å². The zero-order valence-corrected chi connectivity index (χ0v) is 24.2. The minimum Gasteiger partial charge on any atom is -0.469 e. The molecule has 1 fully saturated rings. The summed E-state index contributed by atoms with van der Waals surface area (Å²) in [6, 6.07) is 12.3. The van der Waals surface area contributed by atoms with E-state index in [0.29, 0.717) is 6.61 Å². The Bertz CT molecular complexity index is 1560. The van der Waals surface area contributed by atoms with E-state index in [-0.39, 0.29) is 18.0 Å². The van der Waals surface area contributed by atoms with E-state index >= 15 is 0 Å². The Morgan fingerprint density at radius 1 is 1.07 bits per heavy atom. The van der Waals surface area contributed by atoms with Crippen LogP contribution in [0.5, 0.6) is 0 Å². The van der Waals surface area contributed by atoms with Crippen LogP contribution in [-0.2, 0) is 27.2 Å². The highest BCUT2D eigenvalue weighted by Crippen LogP contribution is 2.34. The van der Waals surface area contributed by atoms with Crippen molar-refractivity contribution in [1.82, 2.24) is 24.4 Å². The van der Waals surface area contributed by atoms with E-state index in [1.165, 1.54) is 7.11 Å². The van der Waals surface area contributed by atoms with Crippen molar-refractivity contribution < 1.29 is 14.3 Å². The summed E-state index contributed by atoms with van der Waals surface area (Å²) in [4.78, 5) is 19.6. The van der Waals surface area contributed by atoms with Gasteiger partial charge in [-0.2, -0.15) is 14.7 Å². The molecule has 0 amide bonds. The number of aromatic nitrogens is 5. The topological polar surface area (TPSA) is 86.8 Å². The predicted octanol–water partition coefficient (Wildman–Crippen LogP) is 5.42. The van der Waals surface area contributed by atoms with Crippen molar-refractivity contribution in [3.63, 3.8) is 0 Å². The number of allylic oxidation sites excluding steroid dienone is 1. The van der Waals surface area contributed by atoms with Gasteiger partial charge in [0.2, 0.25) is 0 Å². The summed E-state index contributed by atoms with van der Waals surface area (Å²) in [6.45, 7) is 14.5. The smallest absolute Gasteiger partial charge is 0.310 e. The van der Waals surface area contributed by atoms with Gasteiger partial charge in [-0.05, 0) is 45.2 Å². The highest BCUT2D eigenvalue weighted by molar-refractivity contribution is 5.77. The van der Waals surface area contributed by atoms with Crippen molar-refractivity contribution in [3.8, 4) is 22.5 Å². The largest absolute Gasteiger partial charge is 0.469 e. The van der Waals surface area contributed by atoms with Gasteiger partial charge in [-0.25, -0.2) is 4.98 Å². The second-order valence-electron chi connectivity index (χ2n) is 10.7. The van der Waals surface area contributed by atoms with Crippen LogP contribution in [0.1, 0.15) is 37.4 Å². The number of anilines is 1. The van der Waals surface area contributed by atoms with Gasteiger partial charge in [0.05, 0.1) is 37.1 Å². The summed E-state index contributed by atoms with van der Waals surface area (Å²) < 4.78 is 14.9. The quantitative estimate of drug-likeness (QED) is 0.181. The first kappa shape index (κ1) is 28.3. The summed E-state index contributed by atoms with van der Waals surface area (Å²) in [5, 5.41) is 9.76. The first-order chi connectivity index (χ1) is 19.8. The Kier molecular flexibility index (Phi) is 8.35. The maximum atomic E-state index is 12.4. The van der Waals surface area contributed by atoms with Gasteiger partial charge in [-0.3, -0.25) is 9.48 Å². The van der Waals surface area contributed by atoms with Crippen LogP contribution in [0.25, 0.3) is 28.2 Å². The van der Waals surface area contributed by atoms with Crippen LogP contribution in [0, 0.1) is 6.92 Å². The van der Waals surface area contributed by atoms with E-state index in [0.717, 1.165) is 84.1 Å². The number of piperidine rings is 1. The molecule has 214 valence electrons. The van der Waals surface area contributed by atoms with E-state index in [1.54, 1.807) is 6.08 Å². The normalized spacial score (nSPS) is 14.8. The molecule has 0 bridgehead atoms. The van der Waals surface area contributed by atoms with Gasteiger partial charge in [-0.15, -0.1) is 13.2 Å². The molecule has 1 aliphatic heterocycles. The monoisotopic (exact) mass is 554 g/mol. The molecule has 0 aliphatic carbocycles. The van der Waals surface area contributed by atoms with Crippen molar-refractivity contribution in [3.05, 3.63) is 79.2 Å². The molecule has 0 N–H and O–H groups in total. The second-order valence-corrected chi connectivity index (χ2v) is 10.7. The number of hydrogen-bond acceptors (Lipinski definition) is 7. The summed E-state index contributed by atoms with van der Waals surface area (Å²) in [6.07, 6.45) is 8.35. The minimum atomic E-state index is -0.306. The van der Waals surface area contributed by atoms with Crippen LogP contribution in [-0.4, -0.2) is 62.8 Å². The maximum Gasteiger partial charge on any atom is 0.310 e. The molecule has 1 saturated heterocycles. The third kappa shape index (κ3) is 6.10. The van der Waals surface area contributed by atoms with Gasteiger partial charge >= 0.3 is 5.97 Å². The molecule has 9 nitrogen and oxygen atoms in total. The van der Waals surface area contributed by atoms with E-state index in [4.69, 9.17) is 24.7 Å². The average molecular weight is 555 g/mol. The average Bonchev–Trinajstić information content (AvgIpc) is 3.63. The Morgan fingerprint density at radius 3 is 2.54 bits per heavy atom. The standard InChI is InChI=1S/C32H38N6O3/c1-6-8-15-37-16-12-27(34-37)24-10-9-11-25(20-24)28-22-29-33-23(3)26(21-30(39)40-5)31(38(29)35-28)36-17-13-32(4,14-18-36)41-19-7-2/h6-7,9-12,16,20,22H,1-2,8,13-15,17-19,21H2,3-5H3. The van der Waals surface area contributed by atoms with Crippen LogP contribution in [0.3, 0.4) is 0 Å². The lowest BCUT2D eigenvalue weighted by molar-refractivity contribution is -0.139. The number of methoxy groups -OCH3 is 1. The van der Waals surface area contributed by atoms with Crippen LogP contribution in [0.4, 0.5) is 5.82 Å². The lowest BCUT2D eigenvalue weighted by Gasteiger charge is -2.40. The molecule has 9 heteroatoms. The molecular weight excluding hydrogens is 516 g/mol. The molecule has 0 saturated carbocycles. The Balaban J connectivity index is 1.52. The van der Waals surface area contributed by atoms with E-state index in [9.17, 15) is 4.79 Å². The van der Waals surface area contributed by atoms with Crippen molar-refractivity contribution in [2.75, 3.05) is 31.7 Å². The van der Waals surface area contributed by atoms with Gasteiger partial charge in [0.15, 0.2) is 5.65 Å². The molecule has 3 aromatic heterocycles. The van der Waals surface area contributed by atoms with Crippen LogP contribution >= 0.6 is 0 Å².